The second-order valence-electron chi connectivity index (χ2n) is 8.59. The number of hydrogen-bond acceptors (Lipinski definition) is 6. The first-order valence-electron chi connectivity index (χ1n) is 9.75. The van der Waals surface area contributed by atoms with E-state index in [0.29, 0.717) is 41.3 Å². The number of fused-ring (bicyclic) bond motifs is 1. The average molecular weight is 411 g/mol. The summed E-state index contributed by atoms with van der Waals surface area (Å²) in [5.41, 5.74) is 1.15. The van der Waals surface area contributed by atoms with Gasteiger partial charge in [-0.25, -0.2) is 4.79 Å². The zero-order valence-electron chi connectivity index (χ0n) is 17.7. The number of hydrogen-bond donors (Lipinski definition) is 2. The average Bonchev–Trinajstić information content (AvgIpc) is 2.69. The molecule has 1 atom stereocenters. The first kappa shape index (κ1) is 20.0. The van der Waals surface area contributed by atoms with Crippen LogP contribution in [0.4, 0.5) is 5.82 Å². The zero-order chi connectivity index (χ0) is 21.8. The quantitative estimate of drug-likeness (QED) is 0.804. The molecule has 2 aliphatic rings. The van der Waals surface area contributed by atoms with Crippen LogP contribution in [0.25, 0.3) is 0 Å². The van der Waals surface area contributed by atoms with Crippen molar-refractivity contribution in [2.24, 2.45) is 12.5 Å². The van der Waals surface area contributed by atoms with Crippen LogP contribution in [0.5, 0.6) is 11.5 Å². The number of aromatic nitrogens is 2. The highest BCUT2D eigenvalue weighted by atomic mass is 16.5. The monoisotopic (exact) mass is 411 g/mol. The third kappa shape index (κ3) is 3.03. The van der Waals surface area contributed by atoms with Gasteiger partial charge >= 0.3 is 5.69 Å². The van der Waals surface area contributed by atoms with Crippen molar-refractivity contribution in [1.29, 1.82) is 0 Å². The number of aromatic amines is 1. The maximum Gasteiger partial charge on any atom is 0.329 e. The molecule has 1 aromatic carbocycles. The predicted octanol–water partition coefficient (Wildman–Crippen LogP) is 2.29. The van der Waals surface area contributed by atoms with Crippen molar-refractivity contribution < 1.29 is 14.3 Å². The van der Waals surface area contributed by atoms with E-state index < -0.39 is 17.2 Å². The minimum absolute atomic E-state index is 0.00700. The Labute approximate surface area is 173 Å². The normalized spacial score (nSPS) is 19.6. The van der Waals surface area contributed by atoms with Gasteiger partial charge in [0.05, 0.1) is 19.8 Å². The molecule has 0 fully saturated rings. The molecule has 1 unspecified atom stereocenters. The molecular weight excluding hydrogens is 386 g/mol. The number of allylic oxidation sites excluding steroid dienone is 2. The van der Waals surface area contributed by atoms with Crippen LogP contribution < -0.4 is 26.0 Å². The second kappa shape index (κ2) is 6.90. The molecule has 0 saturated carbocycles. The number of rotatable bonds is 3. The van der Waals surface area contributed by atoms with Crippen LogP contribution in [-0.2, 0) is 11.8 Å². The van der Waals surface area contributed by atoms with Crippen molar-refractivity contribution in [2.45, 2.75) is 32.6 Å². The van der Waals surface area contributed by atoms with Gasteiger partial charge in [-0.1, -0.05) is 19.9 Å². The number of nitrogens with zero attached hydrogens (tertiary/aromatic N) is 1. The summed E-state index contributed by atoms with van der Waals surface area (Å²) in [6, 6.07) is 5.35. The van der Waals surface area contributed by atoms with Gasteiger partial charge in [0, 0.05) is 30.7 Å². The molecule has 158 valence electrons. The van der Waals surface area contributed by atoms with E-state index in [2.05, 4.69) is 10.3 Å². The van der Waals surface area contributed by atoms with Crippen molar-refractivity contribution in [3.8, 4) is 11.5 Å². The molecule has 0 amide bonds. The van der Waals surface area contributed by atoms with Gasteiger partial charge in [0.25, 0.3) is 5.56 Å². The Kier molecular flexibility index (Phi) is 4.60. The zero-order valence-corrected chi connectivity index (χ0v) is 17.7. The van der Waals surface area contributed by atoms with Gasteiger partial charge < -0.3 is 14.8 Å². The van der Waals surface area contributed by atoms with Gasteiger partial charge in [-0.15, -0.1) is 0 Å². The fraction of sp³-hybridized carbons (Fsp3) is 0.409. The van der Waals surface area contributed by atoms with Crippen molar-refractivity contribution in [3.05, 3.63) is 61.4 Å². The van der Waals surface area contributed by atoms with Gasteiger partial charge in [0.1, 0.15) is 5.82 Å². The van der Waals surface area contributed by atoms with E-state index >= 15 is 0 Å². The molecule has 1 aromatic heterocycles. The van der Waals surface area contributed by atoms with E-state index in [1.54, 1.807) is 26.3 Å². The van der Waals surface area contributed by atoms with Crippen LogP contribution in [0, 0.1) is 5.41 Å². The molecule has 8 nitrogen and oxygen atoms in total. The Balaban J connectivity index is 2.03. The van der Waals surface area contributed by atoms with Crippen molar-refractivity contribution in [2.75, 3.05) is 19.5 Å². The highest BCUT2D eigenvalue weighted by molar-refractivity contribution is 6.01. The summed E-state index contributed by atoms with van der Waals surface area (Å²) in [5.74, 6) is 0.840. The van der Waals surface area contributed by atoms with E-state index in [9.17, 15) is 14.4 Å². The lowest BCUT2D eigenvalue weighted by Gasteiger charge is -2.39. The van der Waals surface area contributed by atoms with Gasteiger partial charge in [-0.05, 0) is 29.5 Å². The summed E-state index contributed by atoms with van der Waals surface area (Å²) < 4.78 is 12.1. The molecule has 2 N–H and O–H groups in total. The van der Waals surface area contributed by atoms with E-state index in [0.717, 1.165) is 11.3 Å². The maximum atomic E-state index is 13.2. The summed E-state index contributed by atoms with van der Waals surface area (Å²) in [6.07, 6.45) is 1.02. The molecule has 0 saturated heterocycles. The summed E-state index contributed by atoms with van der Waals surface area (Å²) in [5, 5.41) is 3.23. The van der Waals surface area contributed by atoms with Crippen LogP contribution in [0.3, 0.4) is 0 Å². The molecule has 0 radical (unpaired) electrons. The number of anilines is 1. The summed E-state index contributed by atoms with van der Waals surface area (Å²) in [7, 11) is 4.68. The summed E-state index contributed by atoms with van der Waals surface area (Å²) in [6.45, 7) is 4.07. The van der Waals surface area contributed by atoms with Crippen LogP contribution in [-0.4, -0.2) is 29.6 Å². The maximum absolute atomic E-state index is 13.2. The molecular formula is C22H25N3O5. The number of H-pyrrole nitrogens is 1. The number of Topliss-reactive ketones (excluding diaryl/α,β-unsaturated/α-hetero) is 1. The molecule has 4 rings (SSSR count). The van der Waals surface area contributed by atoms with Crippen molar-refractivity contribution in [3.63, 3.8) is 0 Å². The lowest BCUT2D eigenvalue weighted by atomic mass is 9.69. The number of carbonyl (C=O) groups excluding carboxylic acids is 1. The first-order valence-corrected chi connectivity index (χ1v) is 9.75. The van der Waals surface area contributed by atoms with E-state index in [1.807, 2.05) is 19.9 Å². The Hall–Kier alpha value is -3.29. The van der Waals surface area contributed by atoms with Gasteiger partial charge in [0.2, 0.25) is 0 Å². The fourth-order valence-electron chi connectivity index (χ4n) is 4.49. The number of carbonyl (C=O) groups is 1. The van der Waals surface area contributed by atoms with Gasteiger partial charge in [0.15, 0.2) is 17.3 Å². The molecule has 30 heavy (non-hydrogen) atoms. The standard InChI is InChI=1S/C22H25N3O5/c1-22(2)9-12-17(13(26)10-22)16(11-6-7-14(29-4)15(8-11)30-5)18-19(23-12)25(3)21(28)24-20(18)27/h6-8,16,23H,9-10H2,1-5H3,(H,24,27,28). The smallest absolute Gasteiger partial charge is 0.329 e. The second-order valence-corrected chi connectivity index (χ2v) is 8.59. The fourth-order valence-corrected chi connectivity index (χ4v) is 4.49. The lowest BCUT2D eigenvalue weighted by molar-refractivity contribution is -0.118. The third-order valence-corrected chi connectivity index (χ3v) is 5.87. The Morgan fingerprint density at radius 3 is 2.43 bits per heavy atom. The minimum Gasteiger partial charge on any atom is -0.493 e. The van der Waals surface area contributed by atoms with Crippen molar-refractivity contribution in [1.82, 2.24) is 9.55 Å². The first-order chi connectivity index (χ1) is 14.2. The van der Waals surface area contributed by atoms with Crippen LogP contribution in [0.1, 0.15) is 43.7 Å². The van der Waals surface area contributed by atoms with Gasteiger partial charge in [-0.2, -0.15) is 0 Å². The summed E-state index contributed by atoms with van der Waals surface area (Å²) in [4.78, 5) is 40.8. The van der Waals surface area contributed by atoms with Crippen LogP contribution >= 0.6 is 0 Å². The summed E-state index contributed by atoms with van der Waals surface area (Å²) >= 11 is 0. The Bertz CT molecular complexity index is 1200. The molecule has 1 aliphatic carbocycles. The van der Waals surface area contributed by atoms with Crippen LogP contribution in [0.2, 0.25) is 0 Å². The van der Waals surface area contributed by atoms with Gasteiger partial charge in [-0.3, -0.25) is 19.1 Å². The van der Waals surface area contributed by atoms with Crippen molar-refractivity contribution >= 4 is 11.6 Å². The number of ether oxygens (including phenoxy) is 2. The molecule has 1 aliphatic heterocycles. The molecule has 0 spiro atoms. The Morgan fingerprint density at radius 1 is 1.07 bits per heavy atom. The predicted molar refractivity (Wildman–Crippen MR) is 112 cm³/mol. The molecule has 2 heterocycles. The third-order valence-electron chi connectivity index (χ3n) is 5.87. The SMILES string of the molecule is COc1ccc(C2C3=C(CC(C)(C)CC3=O)Nc3c2c(=O)[nH]c(=O)n3C)cc1OC. The van der Waals surface area contributed by atoms with Crippen LogP contribution in [0.15, 0.2) is 39.1 Å². The minimum atomic E-state index is -0.616. The highest BCUT2D eigenvalue weighted by Gasteiger charge is 2.42. The molecule has 8 heteroatoms. The number of nitrogens with one attached hydrogen (secondary N) is 2. The topological polar surface area (TPSA) is 102 Å². The number of benzene rings is 1. The van der Waals surface area contributed by atoms with E-state index in [1.165, 1.54) is 11.7 Å². The lowest BCUT2D eigenvalue weighted by Crippen LogP contribution is -2.41. The van der Waals surface area contributed by atoms with E-state index in [-0.39, 0.29) is 11.2 Å². The number of methoxy groups -OCH3 is 2. The molecule has 2 aromatic rings. The number of ketones is 1. The molecule has 0 bridgehead atoms. The van der Waals surface area contributed by atoms with E-state index in [4.69, 9.17) is 9.47 Å². The highest BCUT2D eigenvalue weighted by Crippen LogP contribution is 2.48. The Morgan fingerprint density at radius 2 is 1.77 bits per heavy atom. The largest absolute Gasteiger partial charge is 0.493 e.